The van der Waals surface area contributed by atoms with Crippen molar-refractivity contribution in [2.45, 2.75) is 39.0 Å². The summed E-state index contributed by atoms with van der Waals surface area (Å²) in [7, 11) is 0. The van der Waals surface area contributed by atoms with Crippen molar-refractivity contribution < 1.29 is 0 Å². The number of nitrogens with zero attached hydrogens (tertiary/aromatic N) is 1. The highest BCUT2D eigenvalue weighted by atomic mass is 127. The normalized spacial score (nSPS) is 12.1. The molecule has 18 heavy (non-hydrogen) atoms. The van der Waals surface area contributed by atoms with Crippen LogP contribution < -0.4 is 11.1 Å². The summed E-state index contributed by atoms with van der Waals surface area (Å²) in [6, 6.07) is 4.23. The zero-order chi connectivity index (χ0) is 12.7. The molecule has 1 aromatic heterocycles. The zero-order valence-corrected chi connectivity index (χ0v) is 14.5. The molecule has 0 atom stereocenters. The first-order valence-corrected chi connectivity index (χ1v) is 7.02. The second-order valence-electron chi connectivity index (χ2n) is 4.84. The Labute approximate surface area is 131 Å². The third kappa shape index (κ3) is 6.04. The Morgan fingerprint density at radius 1 is 1.50 bits per heavy atom. The van der Waals surface area contributed by atoms with Gasteiger partial charge >= 0.3 is 0 Å². The van der Waals surface area contributed by atoms with Crippen LogP contribution in [-0.2, 0) is 5.41 Å². The van der Waals surface area contributed by atoms with Crippen LogP contribution in [0.15, 0.2) is 22.5 Å². The molecule has 0 aliphatic heterocycles. The first kappa shape index (κ1) is 17.7. The van der Waals surface area contributed by atoms with Crippen LogP contribution >= 0.6 is 35.3 Å². The molecular weight excluding hydrogens is 357 g/mol. The minimum absolute atomic E-state index is 0. The van der Waals surface area contributed by atoms with Gasteiger partial charge in [0.05, 0.1) is 6.54 Å². The van der Waals surface area contributed by atoms with E-state index in [0.29, 0.717) is 5.96 Å². The number of hydrogen-bond donors (Lipinski definition) is 2. The second-order valence-corrected chi connectivity index (χ2v) is 5.79. The summed E-state index contributed by atoms with van der Waals surface area (Å²) >= 11 is 1.77. The fraction of sp³-hybridized carbons (Fsp3) is 0.615. The third-order valence-electron chi connectivity index (χ3n) is 2.67. The van der Waals surface area contributed by atoms with Crippen LogP contribution in [0.4, 0.5) is 0 Å². The van der Waals surface area contributed by atoms with Crippen LogP contribution in [0.3, 0.4) is 0 Å². The van der Waals surface area contributed by atoms with Crippen molar-refractivity contribution in [3.8, 4) is 0 Å². The van der Waals surface area contributed by atoms with Crippen LogP contribution in [0.2, 0.25) is 0 Å². The number of rotatable bonds is 6. The average Bonchev–Trinajstić information content (AvgIpc) is 2.81. The van der Waals surface area contributed by atoms with Gasteiger partial charge in [0.2, 0.25) is 0 Å². The van der Waals surface area contributed by atoms with Crippen molar-refractivity contribution in [1.29, 1.82) is 0 Å². The molecule has 5 heteroatoms. The summed E-state index contributed by atoms with van der Waals surface area (Å²) in [6.45, 7) is 8.18. The number of halogens is 1. The molecule has 1 aromatic rings. The minimum Gasteiger partial charge on any atom is -0.370 e. The van der Waals surface area contributed by atoms with E-state index in [1.807, 2.05) is 0 Å². The first-order chi connectivity index (χ1) is 8.06. The molecule has 0 radical (unpaired) electrons. The molecule has 0 fully saturated rings. The SMILES string of the molecule is CCCCNC(N)=NCC(C)(C)c1cccs1.I. The number of nitrogens with one attached hydrogen (secondary N) is 1. The molecule has 0 bridgehead atoms. The summed E-state index contributed by atoms with van der Waals surface area (Å²) in [5.74, 6) is 0.558. The quantitative estimate of drug-likeness (QED) is 0.344. The molecule has 1 rings (SSSR count). The van der Waals surface area contributed by atoms with Crippen LogP contribution in [0.1, 0.15) is 38.5 Å². The highest BCUT2D eigenvalue weighted by Crippen LogP contribution is 2.27. The van der Waals surface area contributed by atoms with Crippen LogP contribution in [-0.4, -0.2) is 19.0 Å². The van der Waals surface area contributed by atoms with Gasteiger partial charge in [-0.2, -0.15) is 0 Å². The van der Waals surface area contributed by atoms with Gasteiger partial charge in [0.25, 0.3) is 0 Å². The number of nitrogens with two attached hydrogens (primary N) is 1. The molecule has 0 amide bonds. The predicted molar refractivity (Wildman–Crippen MR) is 92.2 cm³/mol. The maximum atomic E-state index is 5.82. The Kier molecular flexibility index (Phi) is 8.60. The van der Waals surface area contributed by atoms with Crippen molar-refractivity contribution in [3.63, 3.8) is 0 Å². The van der Waals surface area contributed by atoms with Gasteiger partial charge in [-0.3, -0.25) is 4.99 Å². The molecule has 0 saturated heterocycles. The monoisotopic (exact) mass is 381 g/mol. The molecule has 3 N–H and O–H groups in total. The highest BCUT2D eigenvalue weighted by Gasteiger charge is 2.21. The van der Waals surface area contributed by atoms with E-state index in [-0.39, 0.29) is 29.4 Å². The van der Waals surface area contributed by atoms with E-state index >= 15 is 0 Å². The number of aliphatic imine (C=N–C) groups is 1. The fourth-order valence-electron chi connectivity index (χ4n) is 1.47. The Hall–Kier alpha value is -0.300. The highest BCUT2D eigenvalue weighted by molar-refractivity contribution is 14.0. The third-order valence-corrected chi connectivity index (χ3v) is 3.91. The summed E-state index contributed by atoms with van der Waals surface area (Å²) in [4.78, 5) is 5.76. The van der Waals surface area contributed by atoms with E-state index in [1.54, 1.807) is 11.3 Å². The van der Waals surface area contributed by atoms with Gasteiger partial charge in [-0.05, 0) is 17.9 Å². The van der Waals surface area contributed by atoms with E-state index in [0.717, 1.165) is 19.5 Å². The van der Waals surface area contributed by atoms with Crippen molar-refractivity contribution in [3.05, 3.63) is 22.4 Å². The molecule has 0 aliphatic carbocycles. The van der Waals surface area contributed by atoms with Crippen molar-refractivity contribution in [1.82, 2.24) is 5.32 Å². The molecule has 0 aliphatic rings. The van der Waals surface area contributed by atoms with Crippen LogP contribution in [0, 0.1) is 0 Å². The van der Waals surface area contributed by atoms with Crippen molar-refractivity contribution in [2.75, 3.05) is 13.1 Å². The van der Waals surface area contributed by atoms with E-state index in [2.05, 4.69) is 48.6 Å². The predicted octanol–water partition coefficient (Wildman–Crippen LogP) is 3.35. The summed E-state index contributed by atoms with van der Waals surface area (Å²) in [5, 5.41) is 5.23. The molecule has 104 valence electrons. The van der Waals surface area contributed by atoms with E-state index < -0.39 is 0 Å². The maximum Gasteiger partial charge on any atom is 0.188 e. The second kappa shape index (κ2) is 8.74. The van der Waals surface area contributed by atoms with E-state index in [1.165, 1.54) is 11.3 Å². The summed E-state index contributed by atoms with van der Waals surface area (Å²) in [5.41, 5.74) is 5.88. The number of guanidine groups is 1. The molecular formula is C13H24IN3S. The Morgan fingerprint density at radius 2 is 2.22 bits per heavy atom. The molecule has 0 spiro atoms. The first-order valence-electron chi connectivity index (χ1n) is 6.14. The lowest BCUT2D eigenvalue weighted by Gasteiger charge is -2.20. The number of hydrogen-bond acceptors (Lipinski definition) is 2. The lowest BCUT2D eigenvalue weighted by molar-refractivity contribution is 0.550. The fourth-order valence-corrected chi connectivity index (χ4v) is 2.32. The molecule has 0 saturated carbocycles. The number of thiophene rings is 1. The average molecular weight is 381 g/mol. The van der Waals surface area contributed by atoms with Gasteiger partial charge < -0.3 is 11.1 Å². The lowest BCUT2D eigenvalue weighted by atomic mass is 9.92. The lowest BCUT2D eigenvalue weighted by Crippen LogP contribution is -2.34. The molecule has 0 unspecified atom stereocenters. The smallest absolute Gasteiger partial charge is 0.188 e. The van der Waals surface area contributed by atoms with Crippen molar-refractivity contribution >= 4 is 41.3 Å². The van der Waals surface area contributed by atoms with Gasteiger partial charge in [-0.25, -0.2) is 0 Å². The Balaban J connectivity index is 0.00000289. The van der Waals surface area contributed by atoms with Crippen molar-refractivity contribution in [2.24, 2.45) is 10.7 Å². The summed E-state index contributed by atoms with van der Waals surface area (Å²) in [6.07, 6.45) is 2.30. The van der Waals surface area contributed by atoms with E-state index in [4.69, 9.17) is 5.73 Å². The zero-order valence-electron chi connectivity index (χ0n) is 11.4. The minimum atomic E-state index is 0. The standard InChI is InChI=1S/C13H23N3S.HI/c1-4-5-8-15-12(14)16-10-13(2,3)11-7-6-9-17-11;/h6-7,9H,4-5,8,10H2,1-3H3,(H3,14,15,16);1H. The van der Waals surface area contributed by atoms with E-state index in [9.17, 15) is 0 Å². The Morgan fingerprint density at radius 3 is 2.78 bits per heavy atom. The maximum absolute atomic E-state index is 5.82. The molecule has 1 heterocycles. The largest absolute Gasteiger partial charge is 0.370 e. The molecule has 3 nitrogen and oxygen atoms in total. The van der Waals surface area contributed by atoms with Gasteiger partial charge in [-0.1, -0.05) is 33.3 Å². The van der Waals surface area contributed by atoms with Crippen LogP contribution in [0.5, 0.6) is 0 Å². The Bertz CT molecular complexity index is 347. The topological polar surface area (TPSA) is 50.4 Å². The van der Waals surface area contributed by atoms with Gasteiger partial charge in [0.1, 0.15) is 0 Å². The van der Waals surface area contributed by atoms with Gasteiger partial charge in [-0.15, -0.1) is 35.3 Å². The molecule has 0 aromatic carbocycles. The van der Waals surface area contributed by atoms with Crippen LogP contribution in [0.25, 0.3) is 0 Å². The summed E-state index contributed by atoms with van der Waals surface area (Å²) < 4.78 is 0. The van der Waals surface area contributed by atoms with Gasteiger partial charge in [0, 0.05) is 16.8 Å². The van der Waals surface area contributed by atoms with Gasteiger partial charge in [0.15, 0.2) is 5.96 Å². The number of unbranched alkanes of at least 4 members (excludes halogenated alkanes) is 1.